The Bertz CT molecular complexity index is 1100. The van der Waals surface area contributed by atoms with Gasteiger partial charge in [-0.3, -0.25) is 14.0 Å². The third-order valence-electron chi connectivity index (χ3n) is 4.08. The summed E-state index contributed by atoms with van der Waals surface area (Å²) in [6.07, 6.45) is 4.13. The standard InChI is InChI=1S/C20H19FN3O4P/c1-24-20(15-5-8-17(21)9-6-15)16(12-22-24)7-10-19(25)23-18-4-2-3-14(11-18)13-29(26,27)28/h2-12H,13H2,1H3,(H,23,25)(H2,26,27,28). The van der Waals surface area contributed by atoms with Crippen molar-refractivity contribution in [1.82, 2.24) is 9.78 Å². The van der Waals surface area contributed by atoms with Gasteiger partial charge in [0.05, 0.1) is 18.1 Å². The average Bonchev–Trinajstić information content (AvgIpc) is 3.00. The summed E-state index contributed by atoms with van der Waals surface area (Å²) >= 11 is 0. The fraction of sp³-hybridized carbons (Fsp3) is 0.100. The Balaban J connectivity index is 1.75. The van der Waals surface area contributed by atoms with Gasteiger partial charge in [0.25, 0.3) is 0 Å². The lowest BCUT2D eigenvalue weighted by molar-refractivity contribution is -0.111. The maximum absolute atomic E-state index is 13.2. The minimum atomic E-state index is -4.19. The van der Waals surface area contributed by atoms with Gasteiger partial charge in [-0.05, 0) is 48.0 Å². The number of carbonyl (C=O) groups excluding carboxylic acids is 1. The lowest BCUT2D eigenvalue weighted by Crippen LogP contribution is -2.08. The van der Waals surface area contributed by atoms with Crippen LogP contribution in [0, 0.1) is 5.82 Å². The van der Waals surface area contributed by atoms with Gasteiger partial charge in [-0.2, -0.15) is 5.10 Å². The molecule has 0 bridgehead atoms. The van der Waals surface area contributed by atoms with E-state index in [1.165, 1.54) is 24.3 Å². The Morgan fingerprint density at radius 3 is 2.66 bits per heavy atom. The highest BCUT2D eigenvalue weighted by molar-refractivity contribution is 7.50. The quantitative estimate of drug-likeness (QED) is 0.422. The van der Waals surface area contributed by atoms with Crippen molar-refractivity contribution < 1.29 is 23.5 Å². The molecule has 0 aliphatic rings. The van der Waals surface area contributed by atoms with Crippen LogP contribution in [0.2, 0.25) is 0 Å². The molecule has 3 N–H and O–H groups in total. The van der Waals surface area contributed by atoms with Gasteiger partial charge in [0.2, 0.25) is 5.91 Å². The Hall–Kier alpha value is -3.06. The van der Waals surface area contributed by atoms with Crippen molar-refractivity contribution in [3.05, 3.63) is 77.7 Å². The van der Waals surface area contributed by atoms with Crippen LogP contribution in [-0.2, 0) is 22.6 Å². The predicted molar refractivity (Wildman–Crippen MR) is 108 cm³/mol. The maximum atomic E-state index is 13.2. The topological polar surface area (TPSA) is 104 Å². The minimum Gasteiger partial charge on any atom is -0.324 e. The minimum absolute atomic E-state index is 0.339. The van der Waals surface area contributed by atoms with E-state index in [0.717, 1.165) is 11.3 Å². The SMILES string of the molecule is Cn1ncc(C=CC(=O)Nc2cccc(CP(=O)(O)O)c2)c1-c1ccc(F)cc1. The first-order chi connectivity index (χ1) is 13.7. The second-order valence-corrected chi connectivity index (χ2v) is 8.07. The molecule has 0 radical (unpaired) electrons. The van der Waals surface area contributed by atoms with E-state index in [1.54, 1.807) is 54.3 Å². The number of nitrogens with zero attached hydrogens (tertiary/aromatic N) is 2. The number of aromatic nitrogens is 2. The molecule has 1 heterocycles. The van der Waals surface area contributed by atoms with Gasteiger partial charge >= 0.3 is 7.60 Å². The Morgan fingerprint density at radius 1 is 1.24 bits per heavy atom. The van der Waals surface area contributed by atoms with E-state index in [4.69, 9.17) is 9.79 Å². The summed E-state index contributed by atoms with van der Waals surface area (Å²) in [6.45, 7) is 0. The van der Waals surface area contributed by atoms with Gasteiger partial charge in [-0.1, -0.05) is 12.1 Å². The lowest BCUT2D eigenvalue weighted by Gasteiger charge is -2.07. The van der Waals surface area contributed by atoms with Crippen molar-refractivity contribution in [2.75, 3.05) is 5.32 Å². The van der Waals surface area contributed by atoms with Gasteiger partial charge in [0.1, 0.15) is 5.82 Å². The average molecular weight is 415 g/mol. The summed E-state index contributed by atoms with van der Waals surface area (Å²) in [6, 6.07) is 12.3. The first-order valence-corrected chi connectivity index (χ1v) is 10.4. The Morgan fingerprint density at radius 2 is 1.97 bits per heavy atom. The number of amides is 1. The van der Waals surface area contributed by atoms with E-state index in [-0.39, 0.29) is 5.82 Å². The molecule has 3 aromatic rings. The molecular weight excluding hydrogens is 396 g/mol. The van der Waals surface area contributed by atoms with Crippen molar-refractivity contribution in [2.45, 2.75) is 6.16 Å². The first kappa shape index (κ1) is 20.7. The number of hydrogen-bond donors (Lipinski definition) is 3. The summed E-state index contributed by atoms with van der Waals surface area (Å²) < 4.78 is 25.9. The molecule has 0 saturated heterocycles. The van der Waals surface area contributed by atoms with Crippen LogP contribution in [0.5, 0.6) is 0 Å². The van der Waals surface area contributed by atoms with Crippen molar-refractivity contribution in [2.24, 2.45) is 7.05 Å². The van der Waals surface area contributed by atoms with Crippen molar-refractivity contribution in [1.29, 1.82) is 0 Å². The number of aryl methyl sites for hydroxylation is 1. The van der Waals surface area contributed by atoms with Crippen LogP contribution < -0.4 is 5.32 Å². The number of carbonyl (C=O) groups is 1. The van der Waals surface area contributed by atoms with Crippen molar-refractivity contribution in [3.63, 3.8) is 0 Å². The fourth-order valence-electron chi connectivity index (χ4n) is 2.87. The highest BCUT2D eigenvalue weighted by Gasteiger charge is 2.14. The van der Waals surface area contributed by atoms with E-state index < -0.39 is 19.7 Å². The van der Waals surface area contributed by atoms with E-state index in [2.05, 4.69) is 10.4 Å². The van der Waals surface area contributed by atoms with Crippen LogP contribution in [0.15, 0.2) is 60.8 Å². The molecule has 1 amide bonds. The monoisotopic (exact) mass is 415 g/mol. The molecule has 0 fully saturated rings. The summed E-state index contributed by atoms with van der Waals surface area (Å²) in [7, 11) is -2.44. The fourth-order valence-corrected chi connectivity index (χ4v) is 3.54. The van der Waals surface area contributed by atoms with E-state index in [1.807, 2.05) is 0 Å². The molecule has 7 nitrogen and oxygen atoms in total. The summed E-state index contributed by atoms with van der Waals surface area (Å²) in [5.41, 5.74) is 3.03. The van der Waals surface area contributed by atoms with Crippen molar-refractivity contribution in [3.8, 4) is 11.3 Å². The van der Waals surface area contributed by atoms with Crippen LogP contribution >= 0.6 is 7.60 Å². The summed E-state index contributed by atoms with van der Waals surface area (Å²) in [5, 5.41) is 6.85. The lowest BCUT2D eigenvalue weighted by atomic mass is 10.1. The van der Waals surface area contributed by atoms with Crippen LogP contribution in [0.1, 0.15) is 11.1 Å². The van der Waals surface area contributed by atoms with Crippen LogP contribution in [0.25, 0.3) is 17.3 Å². The maximum Gasteiger partial charge on any atom is 0.329 e. The normalized spacial score (nSPS) is 11.7. The molecule has 0 saturated carbocycles. The zero-order chi connectivity index (χ0) is 21.0. The molecule has 0 aliphatic heterocycles. The molecule has 0 atom stereocenters. The van der Waals surface area contributed by atoms with Crippen molar-refractivity contribution >= 4 is 25.3 Å². The summed E-state index contributed by atoms with van der Waals surface area (Å²) in [5.74, 6) is -0.749. The van der Waals surface area contributed by atoms with Gasteiger partial charge in [0, 0.05) is 29.9 Å². The largest absolute Gasteiger partial charge is 0.329 e. The Labute approximate surface area is 166 Å². The molecule has 2 aromatic carbocycles. The molecule has 0 aliphatic carbocycles. The second-order valence-electron chi connectivity index (χ2n) is 6.42. The number of halogens is 1. The molecule has 3 rings (SSSR count). The number of rotatable bonds is 6. The first-order valence-electron chi connectivity index (χ1n) is 8.62. The number of hydrogen-bond acceptors (Lipinski definition) is 3. The zero-order valence-electron chi connectivity index (χ0n) is 15.5. The number of nitrogens with one attached hydrogen (secondary N) is 1. The van der Waals surface area contributed by atoms with Gasteiger partial charge in [-0.25, -0.2) is 4.39 Å². The van der Waals surface area contributed by atoms with E-state index in [9.17, 15) is 13.8 Å². The third-order valence-corrected chi connectivity index (χ3v) is 4.86. The number of anilines is 1. The smallest absolute Gasteiger partial charge is 0.324 e. The molecule has 0 unspecified atom stereocenters. The van der Waals surface area contributed by atoms with Gasteiger partial charge in [-0.15, -0.1) is 0 Å². The summed E-state index contributed by atoms with van der Waals surface area (Å²) in [4.78, 5) is 30.4. The highest BCUT2D eigenvalue weighted by Crippen LogP contribution is 2.39. The van der Waals surface area contributed by atoms with E-state index in [0.29, 0.717) is 16.8 Å². The highest BCUT2D eigenvalue weighted by atomic mass is 31.2. The zero-order valence-corrected chi connectivity index (χ0v) is 16.4. The second kappa shape index (κ2) is 8.53. The predicted octanol–water partition coefficient (Wildman–Crippen LogP) is 3.56. The van der Waals surface area contributed by atoms with E-state index >= 15 is 0 Å². The molecule has 29 heavy (non-hydrogen) atoms. The van der Waals surface area contributed by atoms with Crippen LogP contribution in [0.3, 0.4) is 0 Å². The molecular formula is C20H19FN3O4P. The molecule has 0 spiro atoms. The van der Waals surface area contributed by atoms with Crippen LogP contribution in [0.4, 0.5) is 10.1 Å². The third kappa shape index (κ3) is 5.71. The Kier molecular flexibility index (Phi) is 6.08. The number of benzene rings is 2. The van der Waals surface area contributed by atoms with Crippen LogP contribution in [-0.4, -0.2) is 25.5 Å². The molecule has 150 valence electrons. The van der Waals surface area contributed by atoms with Gasteiger partial charge < -0.3 is 15.1 Å². The molecule has 9 heteroatoms. The molecule has 1 aromatic heterocycles. The van der Waals surface area contributed by atoms with Gasteiger partial charge in [0.15, 0.2) is 0 Å².